The minimum absolute atomic E-state index is 0.0417. The molecule has 13 nitrogen and oxygen atoms in total. The SMILES string of the molecule is CC(C)[C@H](NC(=O)OC(C)(C)C)C(=O)O[C@H]1C[C@H](n2ccc(N)nc2=O)O[C@@H]1COC(=O)OC(C)(C)C. The molecule has 0 spiro atoms. The quantitative estimate of drug-likeness (QED) is 0.395. The Morgan fingerprint density at radius 3 is 2.32 bits per heavy atom. The van der Waals surface area contributed by atoms with E-state index in [1.165, 1.54) is 16.8 Å². The molecule has 0 radical (unpaired) electrons. The molecule has 0 aliphatic carbocycles. The molecule has 1 amide bonds. The van der Waals surface area contributed by atoms with Gasteiger partial charge in [0.25, 0.3) is 0 Å². The Morgan fingerprint density at radius 2 is 1.78 bits per heavy atom. The minimum atomic E-state index is -1.03. The molecule has 1 aliphatic heterocycles. The highest BCUT2D eigenvalue weighted by molar-refractivity contribution is 5.81. The summed E-state index contributed by atoms with van der Waals surface area (Å²) < 4.78 is 28.4. The lowest BCUT2D eigenvalue weighted by Gasteiger charge is -2.26. The summed E-state index contributed by atoms with van der Waals surface area (Å²) in [5, 5.41) is 2.53. The largest absolute Gasteiger partial charge is 0.508 e. The molecule has 0 bridgehead atoms. The first-order chi connectivity index (χ1) is 16.9. The van der Waals surface area contributed by atoms with Crippen LogP contribution in [0, 0.1) is 5.92 Å². The van der Waals surface area contributed by atoms with Crippen molar-refractivity contribution in [2.75, 3.05) is 12.3 Å². The van der Waals surface area contributed by atoms with E-state index in [0.717, 1.165) is 0 Å². The van der Waals surface area contributed by atoms with Crippen molar-refractivity contribution in [1.29, 1.82) is 0 Å². The first kappa shape index (κ1) is 29.9. The number of hydrogen-bond acceptors (Lipinski definition) is 11. The van der Waals surface area contributed by atoms with E-state index in [1.807, 2.05) is 0 Å². The predicted molar refractivity (Wildman–Crippen MR) is 131 cm³/mol. The number of carbonyl (C=O) groups is 3. The number of nitrogens with one attached hydrogen (secondary N) is 1. The van der Waals surface area contributed by atoms with Gasteiger partial charge in [0.1, 0.15) is 48.1 Å². The molecule has 2 heterocycles. The molecule has 3 N–H and O–H groups in total. The Hall–Kier alpha value is -3.35. The number of ether oxygens (including phenoxy) is 5. The molecule has 2 rings (SSSR count). The van der Waals surface area contributed by atoms with Gasteiger partial charge in [0.2, 0.25) is 0 Å². The molecule has 208 valence electrons. The third-order valence-electron chi connectivity index (χ3n) is 4.96. The van der Waals surface area contributed by atoms with Crippen molar-refractivity contribution in [3.05, 3.63) is 22.7 Å². The third kappa shape index (κ3) is 9.56. The summed E-state index contributed by atoms with van der Waals surface area (Å²) in [7, 11) is 0. The minimum Gasteiger partial charge on any atom is -0.458 e. The summed E-state index contributed by atoms with van der Waals surface area (Å²) in [6, 6.07) is 0.401. The van der Waals surface area contributed by atoms with Crippen molar-refractivity contribution in [3.63, 3.8) is 0 Å². The lowest BCUT2D eigenvalue weighted by molar-refractivity contribution is -0.157. The lowest BCUT2D eigenvalue weighted by Crippen LogP contribution is -2.48. The maximum Gasteiger partial charge on any atom is 0.508 e. The van der Waals surface area contributed by atoms with Gasteiger partial charge in [-0.05, 0) is 53.5 Å². The smallest absolute Gasteiger partial charge is 0.458 e. The number of esters is 1. The summed E-state index contributed by atoms with van der Waals surface area (Å²) >= 11 is 0. The molecular weight excluding hydrogens is 488 g/mol. The molecule has 0 aromatic carbocycles. The van der Waals surface area contributed by atoms with Crippen molar-refractivity contribution >= 4 is 24.0 Å². The predicted octanol–water partition coefficient (Wildman–Crippen LogP) is 2.53. The van der Waals surface area contributed by atoms with E-state index >= 15 is 0 Å². The van der Waals surface area contributed by atoms with Gasteiger partial charge in [-0.25, -0.2) is 19.2 Å². The van der Waals surface area contributed by atoms with Crippen LogP contribution in [0.5, 0.6) is 0 Å². The monoisotopic (exact) mass is 526 g/mol. The van der Waals surface area contributed by atoms with Gasteiger partial charge in [0.05, 0.1) is 0 Å². The molecule has 13 heteroatoms. The van der Waals surface area contributed by atoms with Crippen molar-refractivity contribution in [3.8, 4) is 0 Å². The number of alkyl carbamates (subject to hydrolysis) is 1. The Kier molecular flexibility index (Phi) is 9.53. The van der Waals surface area contributed by atoms with Crippen LogP contribution in [-0.4, -0.2) is 63.8 Å². The lowest BCUT2D eigenvalue weighted by atomic mass is 10.0. The second kappa shape index (κ2) is 11.8. The Morgan fingerprint density at radius 1 is 1.16 bits per heavy atom. The van der Waals surface area contributed by atoms with Crippen LogP contribution < -0.4 is 16.7 Å². The fraction of sp³-hybridized carbons (Fsp3) is 0.708. The van der Waals surface area contributed by atoms with Gasteiger partial charge in [0, 0.05) is 12.6 Å². The number of nitrogens with zero attached hydrogens (tertiary/aromatic N) is 2. The van der Waals surface area contributed by atoms with Crippen LogP contribution >= 0.6 is 0 Å². The van der Waals surface area contributed by atoms with Crippen LogP contribution in [0.15, 0.2) is 17.1 Å². The Bertz CT molecular complexity index is 1030. The second-order valence-electron chi connectivity index (χ2n) is 11.0. The van der Waals surface area contributed by atoms with Crippen LogP contribution in [-0.2, 0) is 28.5 Å². The van der Waals surface area contributed by atoms with E-state index in [2.05, 4.69) is 10.3 Å². The van der Waals surface area contributed by atoms with Crippen LogP contribution in [0.25, 0.3) is 0 Å². The third-order valence-corrected chi connectivity index (χ3v) is 4.96. The Labute approximate surface area is 215 Å². The molecule has 1 fully saturated rings. The van der Waals surface area contributed by atoms with Crippen molar-refractivity contribution < 1.29 is 38.1 Å². The van der Waals surface area contributed by atoms with E-state index in [-0.39, 0.29) is 24.8 Å². The second-order valence-corrected chi connectivity index (χ2v) is 11.0. The van der Waals surface area contributed by atoms with Crippen LogP contribution in [0.4, 0.5) is 15.4 Å². The molecule has 1 saturated heterocycles. The number of anilines is 1. The van der Waals surface area contributed by atoms with Crippen LogP contribution in [0.3, 0.4) is 0 Å². The molecule has 1 aliphatic rings. The van der Waals surface area contributed by atoms with E-state index in [4.69, 9.17) is 29.4 Å². The maximum atomic E-state index is 13.1. The number of amides is 1. The van der Waals surface area contributed by atoms with E-state index in [9.17, 15) is 19.2 Å². The zero-order valence-electron chi connectivity index (χ0n) is 22.6. The van der Waals surface area contributed by atoms with Gasteiger partial charge >= 0.3 is 23.9 Å². The summed E-state index contributed by atoms with van der Waals surface area (Å²) in [6.07, 6.45) is -2.97. The number of nitrogens with two attached hydrogens (primary N) is 1. The normalized spacial score (nSPS) is 20.7. The van der Waals surface area contributed by atoms with Crippen molar-refractivity contribution in [2.24, 2.45) is 5.92 Å². The van der Waals surface area contributed by atoms with Gasteiger partial charge < -0.3 is 34.7 Å². The average molecular weight is 527 g/mol. The standard InChI is InChI=1S/C24H38N4O9/c1-13(2)18(27-21(31)36-23(3,4)5)19(29)35-14-11-17(28-10-9-16(25)26-20(28)30)34-15(14)12-33-22(32)37-24(6,7)8/h9-10,13-15,17-18H,11-12H2,1-8H3,(H,27,31)(H2,25,26,30)/t14-,15+,17+,18-/m0/s1. The summed E-state index contributed by atoms with van der Waals surface area (Å²) in [5.41, 5.74) is 3.38. The van der Waals surface area contributed by atoms with Crippen molar-refractivity contribution in [2.45, 2.75) is 97.5 Å². The topological polar surface area (TPSA) is 170 Å². The summed E-state index contributed by atoms with van der Waals surface area (Å²) in [5.74, 6) is -1.03. The highest BCUT2D eigenvalue weighted by atomic mass is 16.7. The molecule has 1 aromatic heterocycles. The Balaban J connectivity index is 2.19. The van der Waals surface area contributed by atoms with Gasteiger partial charge in [0.15, 0.2) is 0 Å². The average Bonchev–Trinajstić information content (AvgIpc) is 3.09. The van der Waals surface area contributed by atoms with Gasteiger partial charge in [-0.3, -0.25) is 4.57 Å². The zero-order chi connectivity index (χ0) is 28.1. The molecule has 0 saturated carbocycles. The summed E-state index contributed by atoms with van der Waals surface area (Å²) in [4.78, 5) is 53.5. The zero-order valence-corrected chi connectivity index (χ0v) is 22.6. The van der Waals surface area contributed by atoms with Gasteiger partial charge in [-0.2, -0.15) is 4.98 Å². The number of carbonyl (C=O) groups excluding carboxylic acids is 3. The van der Waals surface area contributed by atoms with E-state index in [0.29, 0.717) is 0 Å². The highest BCUT2D eigenvalue weighted by Crippen LogP contribution is 2.31. The van der Waals surface area contributed by atoms with Crippen LogP contribution in [0.2, 0.25) is 0 Å². The number of aromatic nitrogens is 2. The summed E-state index contributed by atoms with van der Waals surface area (Å²) in [6.45, 7) is 13.3. The number of rotatable bonds is 7. The fourth-order valence-corrected chi connectivity index (χ4v) is 3.37. The van der Waals surface area contributed by atoms with E-state index in [1.54, 1.807) is 55.4 Å². The molecule has 1 aromatic rings. The number of nitrogen functional groups attached to an aromatic ring is 1. The first-order valence-corrected chi connectivity index (χ1v) is 12.0. The van der Waals surface area contributed by atoms with Crippen LogP contribution in [0.1, 0.15) is 68.0 Å². The molecule has 37 heavy (non-hydrogen) atoms. The fourth-order valence-electron chi connectivity index (χ4n) is 3.37. The van der Waals surface area contributed by atoms with E-state index < -0.39 is 59.6 Å². The maximum absolute atomic E-state index is 13.1. The molecular formula is C24H38N4O9. The highest BCUT2D eigenvalue weighted by Gasteiger charge is 2.42. The van der Waals surface area contributed by atoms with Gasteiger partial charge in [-0.15, -0.1) is 0 Å². The van der Waals surface area contributed by atoms with Crippen molar-refractivity contribution in [1.82, 2.24) is 14.9 Å². The number of hydrogen-bond donors (Lipinski definition) is 2. The first-order valence-electron chi connectivity index (χ1n) is 12.0. The molecule has 0 unspecified atom stereocenters. The molecule has 4 atom stereocenters. The van der Waals surface area contributed by atoms with Gasteiger partial charge in [-0.1, -0.05) is 13.8 Å².